The van der Waals surface area contributed by atoms with E-state index in [9.17, 15) is 9.59 Å². The smallest absolute Gasteiger partial charge is 0.259 e. The average molecular weight is 332 g/mol. The predicted molar refractivity (Wildman–Crippen MR) is 96.3 cm³/mol. The van der Waals surface area contributed by atoms with E-state index in [0.29, 0.717) is 5.56 Å². The van der Waals surface area contributed by atoms with Crippen LogP contribution < -0.4 is 10.7 Å². The van der Waals surface area contributed by atoms with E-state index in [1.165, 1.54) is 6.21 Å². The fraction of sp³-hybridized carbons (Fsp3) is 0.0526. The van der Waals surface area contributed by atoms with Gasteiger partial charge in [0.2, 0.25) is 0 Å². The van der Waals surface area contributed by atoms with E-state index < -0.39 is 5.91 Å². The summed E-state index contributed by atoms with van der Waals surface area (Å²) in [5, 5.41) is 8.25. The molecular weight excluding hydrogens is 316 g/mol. The number of nitrogens with zero attached hydrogens (tertiary/aromatic N) is 2. The fourth-order valence-electron chi connectivity index (χ4n) is 2.35. The van der Waals surface area contributed by atoms with Crippen LogP contribution in [-0.4, -0.2) is 29.6 Å². The molecule has 3 aromatic rings. The third kappa shape index (κ3) is 4.26. The van der Waals surface area contributed by atoms with Crippen LogP contribution in [0.5, 0.6) is 0 Å². The van der Waals surface area contributed by atoms with E-state index in [2.05, 4.69) is 20.8 Å². The summed E-state index contributed by atoms with van der Waals surface area (Å²) in [6.45, 7) is -0.160. The van der Waals surface area contributed by atoms with Gasteiger partial charge >= 0.3 is 0 Å². The first-order valence-electron chi connectivity index (χ1n) is 7.72. The minimum absolute atomic E-state index is 0.160. The van der Waals surface area contributed by atoms with Crippen molar-refractivity contribution in [3.05, 3.63) is 78.1 Å². The molecule has 0 aliphatic heterocycles. The lowest BCUT2D eigenvalue weighted by molar-refractivity contribution is -0.120. The Morgan fingerprint density at radius 2 is 1.88 bits per heavy atom. The van der Waals surface area contributed by atoms with Crippen LogP contribution >= 0.6 is 0 Å². The van der Waals surface area contributed by atoms with Gasteiger partial charge in [0.15, 0.2) is 0 Å². The molecule has 0 spiro atoms. The van der Waals surface area contributed by atoms with Crippen molar-refractivity contribution in [2.45, 2.75) is 0 Å². The Kier molecular flexibility index (Phi) is 5.11. The van der Waals surface area contributed by atoms with Crippen LogP contribution in [0.4, 0.5) is 0 Å². The summed E-state index contributed by atoms with van der Waals surface area (Å²) in [6, 6.07) is 16.7. The van der Waals surface area contributed by atoms with Gasteiger partial charge in [0.25, 0.3) is 11.8 Å². The molecule has 1 heterocycles. The number of carbonyl (C=O) groups is 2. The topological polar surface area (TPSA) is 83.5 Å². The first kappa shape index (κ1) is 16.3. The van der Waals surface area contributed by atoms with E-state index in [1.54, 1.807) is 24.5 Å². The van der Waals surface area contributed by atoms with Gasteiger partial charge in [0, 0.05) is 23.5 Å². The summed E-state index contributed by atoms with van der Waals surface area (Å²) >= 11 is 0. The Hall–Kier alpha value is -3.54. The van der Waals surface area contributed by atoms with E-state index in [1.807, 2.05) is 42.5 Å². The molecular formula is C19H16N4O2. The van der Waals surface area contributed by atoms with Gasteiger partial charge in [-0.1, -0.05) is 42.5 Å². The number of hydrazone groups is 1. The molecule has 2 N–H and O–H groups in total. The van der Waals surface area contributed by atoms with E-state index in [4.69, 9.17) is 0 Å². The van der Waals surface area contributed by atoms with Crippen molar-refractivity contribution in [3.63, 3.8) is 0 Å². The summed E-state index contributed by atoms with van der Waals surface area (Å²) in [5.41, 5.74) is 3.66. The Balaban J connectivity index is 1.56. The van der Waals surface area contributed by atoms with Crippen LogP contribution in [0.25, 0.3) is 10.8 Å². The monoisotopic (exact) mass is 332 g/mol. The maximum absolute atomic E-state index is 12.3. The molecule has 6 heteroatoms. The number of hydrogen-bond acceptors (Lipinski definition) is 4. The van der Waals surface area contributed by atoms with Crippen molar-refractivity contribution in [2.75, 3.05) is 6.54 Å². The molecule has 0 fully saturated rings. The molecule has 0 bridgehead atoms. The standard InChI is InChI=1S/C19H16N4O2/c24-18(23-22-12-14-5-4-10-20-11-14)13-21-19(25)17-9-3-7-15-6-1-2-8-16(15)17/h1-12H,13H2,(H,21,25)(H,23,24)/b22-12+. The SMILES string of the molecule is O=C(CNC(=O)c1cccc2ccccc12)N/N=C/c1cccnc1. The molecule has 0 aliphatic rings. The minimum atomic E-state index is -0.409. The summed E-state index contributed by atoms with van der Waals surface area (Å²) in [5.74, 6) is -0.711. The van der Waals surface area contributed by atoms with Crippen LogP contribution in [0.15, 0.2) is 72.1 Å². The van der Waals surface area contributed by atoms with Gasteiger partial charge in [0.1, 0.15) is 0 Å². The number of amides is 2. The number of aromatic nitrogens is 1. The number of fused-ring (bicyclic) bond motifs is 1. The normalized spacial score (nSPS) is 10.7. The Labute approximate surface area is 144 Å². The van der Waals surface area contributed by atoms with Gasteiger partial charge in [-0.3, -0.25) is 14.6 Å². The molecule has 0 atom stereocenters. The maximum Gasteiger partial charge on any atom is 0.259 e. The van der Waals surface area contributed by atoms with Crippen molar-refractivity contribution in [2.24, 2.45) is 5.10 Å². The Morgan fingerprint density at radius 1 is 1.04 bits per heavy atom. The van der Waals surface area contributed by atoms with Crippen LogP contribution in [0.2, 0.25) is 0 Å². The molecule has 0 saturated heterocycles. The molecule has 6 nitrogen and oxygen atoms in total. The number of pyridine rings is 1. The minimum Gasteiger partial charge on any atom is -0.343 e. The number of nitrogens with one attached hydrogen (secondary N) is 2. The van der Waals surface area contributed by atoms with Crippen LogP contribution in [0.3, 0.4) is 0 Å². The predicted octanol–water partition coefficient (Wildman–Crippen LogP) is 2.11. The van der Waals surface area contributed by atoms with E-state index in [0.717, 1.165) is 16.3 Å². The molecule has 25 heavy (non-hydrogen) atoms. The average Bonchev–Trinajstić information content (AvgIpc) is 2.66. The third-order valence-corrected chi connectivity index (χ3v) is 3.53. The van der Waals surface area contributed by atoms with Crippen molar-refractivity contribution in [3.8, 4) is 0 Å². The zero-order valence-electron chi connectivity index (χ0n) is 13.3. The number of benzene rings is 2. The van der Waals surface area contributed by atoms with Crippen LogP contribution in [0.1, 0.15) is 15.9 Å². The molecule has 1 aromatic heterocycles. The highest BCUT2D eigenvalue weighted by atomic mass is 16.2. The van der Waals surface area contributed by atoms with Crippen molar-refractivity contribution >= 4 is 28.8 Å². The number of rotatable bonds is 5. The molecule has 0 unspecified atom stereocenters. The highest BCUT2D eigenvalue weighted by Crippen LogP contribution is 2.18. The first-order valence-corrected chi connectivity index (χ1v) is 7.72. The summed E-state index contributed by atoms with van der Waals surface area (Å²) < 4.78 is 0. The molecule has 3 rings (SSSR count). The molecule has 0 radical (unpaired) electrons. The lowest BCUT2D eigenvalue weighted by Crippen LogP contribution is -2.35. The first-order chi connectivity index (χ1) is 12.2. The lowest BCUT2D eigenvalue weighted by Gasteiger charge is -2.07. The van der Waals surface area contributed by atoms with Gasteiger partial charge < -0.3 is 5.32 Å². The van der Waals surface area contributed by atoms with Crippen molar-refractivity contribution in [1.29, 1.82) is 0 Å². The molecule has 2 amide bonds. The van der Waals surface area contributed by atoms with Crippen molar-refractivity contribution < 1.29 is 9.59 Å². The highest BCUT2D eigenvalue weighted by Gasteiger charge is 2.10. The molecule has 0 aliphatic carbocycles. The lowest BCUT2D eigenvalue weighted by atomic mass is 10.0. The number of carbonyl (C=O) groups excluding carboxylic acids is 2. The van der Waals surface area contributed by atoms with Gasteiger partial charge in [-0.2, -0.15) is 5.10 Å². The summed E-state index contributed by atoms with van der Waals surface area (Å²) in [6.07, 6.45) is 4.76. The van der Waals surface area contributed by atoms with Crippen LogP contribution in [0, 0.1) is 0 Å². The Morgan fingerprint density at radius 3 is 2.72 bits per heavy atom. The largest absolute Gasteiger partial charge is 0.343 e. The van der Waals surface area contributed by atoms with Crippen LogP contribution in [-0.2, 0) is 4.79 Å². The van der Waals surface area contributed by atoms with Gasteiger partial charge in [0.05, 0.1) is 12.8 Å². The zero-order valence-corrected chi connectivity index (χ0v) is 13.3. The van der Waals surface area contributed by atoms with Crippen molar-refractivity contribution in [1.82, 2.24) is 15.7 Å². The van der Waals surface area contributed by atoms with E-state index in [-0.39, 0.29) is 12.5 Å². The zero-order chi connectivity index (χ0) is 17.5. The molecule has 124 valence electrons. The fourth-order valence-corrected chi connectivity index (χ4v) is 2.35. The Bertz CT molecular complexity index is 918. The quantitative estimate of drug-likeness (QED) is 0.554. The third-order valence-electron chi connectivity index (χ3n) is 3.53. The van der Waals surface area contributed by atoms with Gasteiger partial charge in [-0.05, 0) is 22.9 Å². The molecule has 2 aromatic carbocycles. The second kappa shape index (κ2) is 7.83. The maximum atomic E-state index is 12.3. The van der Waals surface area contributed by atoms with E-state index >= 15 is 0 Å². The van der Waals surface area contributed by atoms with Gasteiger partial charge in [-0.15, -0.1) is 0 Å². The number of hydrogen-bond donors (Lipinski definition) is 2. The second-order valence-electron chi connectivity index (χ2n) is 5.29. The highest BCUT2D eigenvalue weighted by molar-refractivity contribution is 6.07. The second-order valence-corrected chi connectivity index (χ2v) is 5.29. The molecule has 0 saturated carbocycles. The summed E-state index contributed by atoms with van der Waals surface area (Å²) in [4.78, 5) is 28.0. The summed E-state index contributed by atoms with van der Waals surface area (Å²) in [7, 11) is 0. The van der Waals surface area contributed by atoms with Gasteiger partial charge in [-0.25, -0.2) is 5.43 Å².